The number of ether oxygens (including phenoxy) is 1. The Hall–Kier alpha value is -3.31. The molecule has 4 rings (SSSR count). The van der Waals surface area contributed by atoms with Gasteiger partial charge in [-0.2, -0.15) is 13.2 Å². The van der Waals surface area contributed by atoms with Crippen LogP contribution in [0.15, 0.2) is 71.7 Å². The lowest BCUT2D eigenvalue weighted by molar-refractivity contribution is -0.137. The fourth-order valence-electron chi connectivity index (χ4n) is 5.41. The monoisotopic (exact) mass is 637 g/mol. The maximum absolute atomic E-state index is 14.5. The topological polar surface area (TPSA) is 85.6 Å². The number of benzene rings is 3. The molecule has 0 saturated heterocycles. The predicted octanol–water partition coefficient (Wildman–Crippen LogP) is 6.71. The molecule has 3 aromatic rings. The SMILES string of the molecule is CCOc1cc(C(F)(F)F)ccc1C1=N[C@@](C)(c2ccc(Cl)cc2)[C@@](C)(c2ccc(Cl)cc2)N1C(=O)N(CCO)CCO. The van der Waals surface area contributed by atoms with E-state index in [4.69, 9.17) is 32.9 Å². The fourth-order valence-corrected chi connectivity index (χ4v) is 5.66. The highest BCUT2D eigenvalue weighted by atomic mass is 35.5. The van der Waals surface area contributed by atoms with Crippen LogP contribution in [0.2, 0.25) is 10.0 Å². The minimum atomic E-state index is -4.63. The quantitative estimate of drug-likeness (QED) is 0.273. The van der Waals surface area contributed by atoms with Crippen LogP contribution in [0.5, 0.6) is 5.75 Å². The summed E-state index contributed by atoms with van der Waals surface area (Å²) in [7, 11) is 0. The smallest absolute Gasteiger partial charge is 0.416 e. The molecule has 0 aliphatic carbocycles. The average molecular weight is 639 g/mol. The van der Waals surface area contributed by atoms with Crippen LogP contribution in [0, 0.1) is 0 Å². The Kier molecular flexibility index (Phi) is 9.66. The lowest BCUT2D eigenvalue weighted by atomic mass is 9.71. The second-order valence-electron chi connectivity index (χ2n) is 10.3. The summed E-state index contributed by atoms with van der Waals surface area (Å²) in [6.07, 6.45) is -4.63. The maximum atomic E-state index is 14.5. The minimum absolute atomic E-state index is 0.0537. The van der Waals surface area contributed by atoms with Crippen LogP contribution in [0.4, 0.5) is 18.0 Å². The van der Waals surface area contributed by atoms with E-state index in [1.807, 2.05) is 6.92 Å². The second-order valence-corrected chi connectivity index (χ2v) is 11.2. The Balaban J connectivity index is 2.08. The van der Waals surface area contributed by atoms with E-state index in [9.17, 15) is 28.2 Å². The first kappa shape index (κ1) is 32.6. The molecule has 43 heavy (non-hydrogen) atoms. The molecule has 0 unspecified atom stereocenters. The van der Waals surface area contributed by atoms with Gasteiger partial charge in [0.05, 0.1) is 30.9 Å². The average Bonchev–Trinajstić information content (AvgIpc) is 3.21. The van der Waals surface area contributed by atoms with Gasteiger partial charge >= 0.3 is 12.2 Å². The van der Waals surface area contributed by atoms with Crippen molar-refractivity contribution in [1.29, 1.82) is 0 Å². The summed E-state index contributed by atoms with van der Waals surface area (Å²) in [5.74, 6) is -0.0542. The van der Waals surface area contributed by atoms with E-state index in [0.29, 0.717) is 21.2 Å². The molecular formula is C31H32Cl2F3N3O4. The van der Waals surface area contributed by atoms with Gasteiger partial charge in [-0.05, 0) is 74.4 Å². The molecule has 1 aliphatic heterocycles. The molecule has 0 aromatic heterocycles. The molecular weight excluding hydrogens is 606 g/mol. The highest BCUT2D eigenvalue weighted by Crippen LogP contribution is 2.54. The Labute approximate surface area is 258 Å². The molecule has 1 heterocycles. The number of carbonyl (C=O) groups is 1. The van der Waals surface area contributed by atoms with Crippen molar-refractivity contribution in [1.82, 2.24) is 9.80 Å². The van der Waals surface area contributed by atoms with Crippen LogP contribution in [-0.2, 0) is 17.3 Å². The van der Waals surface area contributed by atoms with Crippen molar-refractivity contribution in [2.75, 3.05) is 32.9 Å². The zero-order valence-corrected chi connectivity index (χ0v) is 25.3. The van der Waals surface area contributed by atoms with Crippen molar-refractivity contribution in [3.63, 3.8) is 0 Å². The third-order valence-electron chi connectivity index (χ3n) is 7.80. The van der Waals surface area contributed by atoms with Crippen molar-refractivity contribution in [2.45, 2.75) is 38.0 Å². The highest BCUT2D eigenvalue weighted by Gasteiger charge is 2.60. The molecule has 0 saturated carbocycles. The number of carbonyl (C=O) groups excluding carboxylic acids is 1. The van der Waals surface area contributed by atoms with Crippen LogP contribution in [-0.4, -0.2) is 64.8 Å². The summed E-state index contributed by atoms with van der Waals surface area (Å²) < 4.78 is 46.9. The molecule has 1 aliphatic rings. The van der Waals surface area contributed by atoms with E-state index in [1.54, 1.807) is 62.4 Å². The van der Waals surface area contributed by atoms with Crippen molar-refractivity contribution in [3.8, 4) is 5.75 Å². The van der Waals surface area contributed by atoms with Crippen LogP contribution >= 0.6 is 23.2 Å². The van der Waals surface area contributed by atoms with Crippen LogP contribution < -0.4 is 4.74 Å². The number of aliphatic hydroxyl groups excluding tert-OH is 2. The molecule has 2 amide bonds. The minimum Gasteiger partial charge on any atom is -0.493 e. The summed E-state index contributed by atoms with van der Waals surface area (Å²) in [6.45, 7) is 4.34. The molecule has 7 nitrogen and oxygen atoms in total. The van der Waals surface area contributed by atoms with E-state index in [0.717, 1.165) is 12.1 Å². The Morgan fingerprint density at radius 2 is 1.47 bits per heavy atom. The van der Waals surface area contributed by atoms with Crippen molar-refractivity contribution in [2.24, 2.45) is 4.99 Å². The number of halogens is 5. The number of rotatable bonds is 9. The maximum Gasteiger partial charge on any atom is 0.416 e. The summed E-state index contributed by atoms with van der Waals surface area (Å²) in [4.78, 5) is 22.3. The van der Waals surface area contributed by atoms with Gasteiger partial charge in [0.15, 0.2) is 0 Å². The van der Waals surface area contributed by atoms with Gasteiger partial charge in [0.1, 0.15) is 22.7 Å². The number of hydrogen-bond donors (Lipinski definition) is 2. The lowest BCUT2D eigenvalue weighted by Crippen LogP contribution is -2.58. The third-order valence-corrected chi connectivity index (χ3v) is 8.30. The number of nitrogens with zero attached hydrogens (tertiary/aromatic N) is 3. The third kappa shape index (κ3) is 6.06. The predicted molar refractivity (Wildman–Crippen MR) is 160 cm³/mol. The van der Waals surface area contributed by atoms with Crippen LogP contribution in [0.3, 0.4) is 0 Å². The largest absolute Gasteiger partial charge is 0.493 e. The van der Waals surface area contributed by atoms with Gasteiger partial charge in [-0.25, -0.2) is 4.79 Å². The summed E-state index contributed by atoms with van der Waals surface area (Å²) in [6, 6.07) is 16.2. The zero-order valence-electron chi connectivity index (χ0n) is 23.8. The molecule has 12 heteroatoms. The Morgan fingerprint density at radius 3 is 1.95 bits per heavy atom. The number of alkyl halides is 3. The van der Waals surface area contributed by atoms with Gasteiger partial charge in [0, 0.05) is 23.1 Å². The summed E-state index contributed by atoms with van der Waals surface area (Å²) in [5, 5.41) is 20.5. The number of aliphatic imine (C=N–C) groups is 1. The number of amides is 2. The molecule has 0 spiro atoms. The van der Waals surface area contributed by atoms with Gasteiger partial charge in [-0.1, -0.05) is 47.5 Å². The van der Waals surface area contributed by atoms with Crippen molar-refractivity contribution < 1.29 is 32.9 Å². The van der Waals surface area contributed by atoms with Crippen LogP contribution in [0.1, 0.15) is 43.0 Å². The van der Waals surface area contributed by atoms with E-state index < -0.39 is 28.8 Å². The molecule has 0 bridgehead atoms. The molecule has 230 valence electrons. The fraction of sp³-hybridized carbons (Fsp3) is 0.355. The molecule has 0 fully saturated rings. The van der Waals surface area contributed by atoms with Crippen LogP contribution in [0.25, 0.3) is 0 Å². The summed E-state index contributed by atoms with van der Waals surface area (Å²) in [5.41, 5.74) is -2.00. The molecule has 3 aromatic carbocycles. The van der Waals surface area contributed by atoms with Crippen molar-refractivity contribution >= 4 is 35.1 Å². The molecule has 2 N–H and O–H groups in total. The van der Waals surface area contributed by atoms with Gasteiger partial charge in [-0.3, -0.25) is 9.89 Å². The van der Waals surface area contributed by atoms with E-state index >= 15 is 0 Å². The van der Waals surface area contributed by atoms with Gasteiger partial charge < -0.3 is 19.8 Å². The van der Waals surface area contributed by atoms with Gasteiger partial charge in [0.25, 0.3) is 0 Å². The molecule has 2 atom stereocenters. The Morgan fingerprint density at radius 1 is 0.930 bits per heavy atom. The van der Waals surface area contributed by atoms with E-state index in [2.05, 4.69) is 0 Å². The number of hydrogen-bond acceptors (Lipinski definition) is 5. The number of amidine groups is 1. The van der Waals surface area contributed by atoms with Gasteiger partial charge in [0.2, 0.25) is 0 Å². The standard InChI is InChI=1S/C31H32Cl2F3N3O4/c1-4-43-26-19-22(31(34,35)36)9-14-25(26)27-37-29(2,20-5-10-23(32)11-6-20)30(3,21-7-12-24(33)13-8-21)39(27)28(42)38(15-17-40)16-18-41/h5-14,19,40-41H,4,15-18H2,1-3H3/t29-,30+/m0/s1. The number of urea groups is 1. The highest BCUT2D eigenvalue weighted by molar-refractivity contribution is 6.30. The second kappa shape index (κ2) is 12.7. The first-order chi connectivity index (χ1) is 20.3. The normalized spacial score (nSPS) is 20.2. The van der Waals surface area contributed by atoms with Gasteiger partial charge in [-0.15, -0.1) is 0 Å². The molecule has 0 radical (unpaired) electrons. The summed E-state index contributed by atoms with van der Waals surface area (Å²) >= 11 is 12.5. The number of aliphatic hydroxyl groups is 2. The Bertz CT molecular complexity index is 1480. The van der Waals surface area contributed by atoms with E-state index in [-0.39, 0.29) is 50.1 Å². The van der Waals surface area contributed by atoms with Crippen molar-refractivity contribution in [3.05, 3.63) is 99.0 Å². The van der Waals surface area contributed by atoms with E-state index in [1.165, 1.54) is 15.9 Å². The first-order valence-corrected chi connectivity index (χ1v) is 14.3. The first-order valence-electron chi connectivity index (χ1n) is 13.6. The lowest BCUT2D eigenvalue weighted by Gasteiger charge is -2.46. The zero-order chi connectivity index (χ0) is 31.6.